The second kappa shape index (κ2) is 10.2. The summed E-state index contributed by atoms with van der Waals surface area (Å²) in [5.41, 5.74) is 3.08. The summed E-state index contributed by atoms with van der Waals surface area (Å²) in [5, 5.41) is 14.7. The van der Waals surface area contributed by atoms with Crippen molar-refractivity contribution in [1.82, 2.24) is 19.7 Å². The molecule has 0 aliphatic carbocycles. The number of carbonyl (C=O) groups excluding carboxylic acids is 1. The normalized spacial score (nSPS) is 14.1. The first-order chi connectivity index (χ1) is 18.2. The Kier molecular flexibility index (Phi) is 6.75. The van der Waals surface area contributed by atoms with Gasteiger partial charge in [-0.3, -0.25) is 9.78 Å². The third-order valence-electron chi connectivity index (χ3n) is 7.09. The largest absolute Gasteiger partial charge is 0.507 e. The molecule has 196 valence electrons. The van der Waals surface area contributed by atoms with Gasteiger partial charge in [-0.2, -0.15) is 0 Å². The summed E-state index contributed by atoms with van der Waals surface area (Å²) in [4.78, 5) is 37.9. The van der Waals surface area contributed by atoms with E-state index in [1.807, 2.05) is 55.4 Å². The van der Waals surface area contributed by atoms with E-state index in [9.17, 15) is 14.7 Å². The van der Waals surface area contributed by atoms with Crippen LogP contribution in [-0.2, 0) is 0 Å². The quantitative estimate of drug-likeness (QED) is 0.375. The molecule has 5 rings (SSSR count). The number of piperidine rings is 1. The van der Waals surface area contributed by atoms with E-state index in [2.05, 4.69) is 15.0 Å². The number of pyridine rings is 1. The maximum Gasteiger partial charge on any atom is 0.343 e. The summed E-state index contributed by atoms with van der Waals surface area (Å²) in [6, 6.07) is 16.7. The minimum Gasteiger partial charge on any atom is -0.507 e. The Morgan fingerprint density at radius 3 is 2.26 bits per heavy atom. The van der Waals surface area contributed by atoms with Gasteiger partial charge in [0, 0.05) is 43.9 Å². The van der Waals surface area contributed by atoms with Crippen LogP contribution in [0.15, 0.2) is 59.4 Å². The monoisotopic (exact) mass is 512 g/mol. The van der Waals surface area contributed by atoms with Crippen LogP contribution in [0.5, 0.6) is 5.75 Å². The number of aromatic nitrogens is 4. The Morgan fingerprint density at radius 2 is 1.63 bits per heavy atom. The third kappa shape index (κ3) is 4.91. The maximum atomic E-state index is 13.5. The van der Waals surface area contributed by atoms with Gasteiger partial charge in [-0.05, 0) is 62.1 Å². The second-order valence-corrected chi connectivity index (χ2v) is 10.1. The lowest BCUT2D eigenvalue weighted by Gasteiger charge is -2.33. The molecule has 1 saturated heterocycles. The number of rotatable bonds is 6. The molecule has 9 heteroatoms. The van der Waals surface area contributed by atoms with Crippen LogP contribution in [0.2, 0.25) is 0 Å². The van der Waals surface area contributed by atoms with E-state index in [0.717, 1.165) is 24.2 Å². The predicted octanol–water partition coefficient (Wildman–Crippen LogP) is 4.09. The molecule has 0 spiro atoms. The molecule has 4 aromatic rings. The van der Waals surface area contributed by atoms with E-state index < -0.39 is 0 Å². The number of nitrogens with zero attached hydrogens (tertiary/aromatic N) is 5. The molecule has 2 N–H and O–H groups in total. The summed E-state index contributed by atoms with van der Waals surface area (Å²) in [7, 11) is 3.80. The first-order valence-corrected chi connectivity index (χ1v) is 12.7. The van der Waals surface area contributed by atoms with Gasteiger partial charge >= 0.3 is 5.69 Å². The summed E-state index contributed by atoms with van der Waals surface area (Å²) in [6.07, 6.45) is 1.46. The average molecular weight is 513 g/mol. The zero-order chi connectivity index (χ0) is 27.0. The number of H-pyrrole nitrogens is 1. The smallest absolute Gasteiger partial charge is 0.343 e. The van der Waals surface area contributed by atoms with Crippen LogP contribution >= 0.6 is 0 Å². The molecule has 0 unspecified atom stereocenters. The molecule has 1 aliphatic rings. The number of benzene rings is 2. The van der Waals surface area contributed by atoms with Crippen LogP contribution in [0.4, 0.5) is 11.6 Å². The van der Waals surface area contributed by atoms with Crippen molar-refractivity contribution in [3.63, 3.8) is 0 Å². The number of hydrogen-bond donors (Lipinski definition) is 2. The molecule has 2 aromatic carbocycles. The van der Waals surface area contributed by atoms with Crippen LogP contribution in [0.1, 0.15) is 45.9 Å². The molecule has 0 saturated carbocycles. The van der Waals surface area contributed by atoms with Crippen molar-refractivity contribution in [2.75, 3.05) is 37.0 Å². The van der Waals surface area contributed by atoms with E-state index in [1.54, 1.807) is 36.7 Å². The minimum atomic E-state index is -0.206. The van der Waals surface area contributed by atoms with Crippen molar-refractivity contribution < 1.29 is 9.90 Å². The average Bonchev–Trinajstić information content (AvgIpc) is 3.32. The van der Waals surface area contributed by atoms with Crippen LogP contribution in [-0.4, -0.2) is 57.8 Å². The Morgan fingerprint density at radius 1 is 1.00 bits per heavy atom. The lowest BCUT2D eigenvalue weighted by atomic mass is 9.98. The van der Waals surface area contributed by atoms with Gasteiger partial charge in [-0.15, -0.1) is 5.10 Å². The second-order valence-electron chi connectivity index (χ2n) is 10.1. The number of phenolic OH excluding ortho intramolecular Hbond substituents is 1. The van der Waals surface area contributed by atoms with Crippen molar-refractivity contribution in [1.29, 1.82) is 0 Å². The number of anilines is 2. The summed E-state index contributed by atoms with van der Waals surface area (Å²) in [5.74, 6) is 2.08. The number of ketones is 1. The fourth-order valence-electron chi connectivity index (χ4n) is 4.93. The lowest BCUT2D eigenvalue weighted by molar-refractivity contribution is 0.103. The molecule has 1 fully saturated rings. The molecule has 3 heterocycles. The highest BCUT2D eigenvalue weighted by Gasteiger charge is 2.26. The van der Waals surface area contributed by atoms with Crippen LogP contribution in [0, 0.1) is 13.8 Å². The Labute approximate surface area is 221 Å². The van der Waals surface area contributed by atoms with Gasteiger partial charge in [0.15, 0.2) is 11.6 Å². The van der Waals surface area contributed by atoms with Crippen molar-refractivity contribution in [3.8, 4) is 17.1 Å². The number of carbonyl (C=O) groups is 1. The van der Waals surface area contributed by atoms with Gasteiger partial charge in [0.05, 0.1) is 6.04 Å². The summed E-state index contributed by atoms with van der Waals surface area (Å²) < 4.78 is 1.56. The molecular weight excluding hydrogens is 480 g/mol. The molecule has 0 bridgehead atoms. The highest BCUT2D eigenvalue weighted by molar-refractivity contribution is 6.10. The van der Waals surface area contributed by atoms with E-state index in [-0.39, 0.29) is 23.3 Å². The number of phenols is 1. The number of aromatic amines is 1. The van der Waals surface area contributed by atoms with E-state index >= 15 is 0 Å². The maximum absolute atomic E-state index is 13.5. The van der Waals surface area contributed by atoms with E-state index in [0.29, 0.717) is 47.0 Å². The fraction of sp³-hybridized carbons (Fsp3) is 0.310. The van der Waals surface area contributed by atoms with Gasteiger partial charge in [-0.25, -0.2) is 14.5 Å². The zero-order valence-corrected chi connectivity index (χ0v) is 22.1. The highest BCUT2D eigenvalue weighted by Crippen LogP contribution is 2.29. The Hall–Kier alpha value is -4.40. The first-order valence-electron chi connectivity index (χ1n) is 12.7. The van der Waals surface area contributed by atoms with Gasteiger partial charge < -0.3 is 14.9 Å². The van der Waals surface area contributed by atoms with Gasteiger partial charge in [-0.1, -0.05) is 30.3 Å². The molecular formula is C29H32N6O3. The van der Waals surface area contributed by atoms with E-state index in [4.69, 9.17) is 4.98 Å². The molecule has 0 radical (unpaired) electrons. The standard InChI is InChI=1S/C29H32N6O3/c1-18-14-21(15-19(2)26(18)36)27(37)22-16-24(33(3)4)30-25(17-22)34-12-10-23(11-13-34)35-29(38)31-28(32-35)20-8-6-5-7-9-20/h5-9,14-17,23,36H,10-13H2,1-4H3,(H,31,32,38). The highest BCUT2D eigenvalue weighted by atomic mass is 16.3. The van der Waals surface area contributed by atoms with Gasteiger partial charge in [0.1, 0.15) is 17.4 Å². The van der Waals surface area contributed by atoms with Gasteiger partial charge in [0.25, 0.3) is 0 Å². The number of hydrogen-bond acceptors (Lipinski definition) is 7. The molecule has 9 nitrogen and oxygen atoms in total. The molecule has 38 heavy (non-hydrogen) atoms. The summed E-state index contributed by atoms with van der Waals surface area (Å²) in [6.45, 7) is 4.94. The molecule has 2 aromatic heterocycles. The topological polar surface area (TPSA) is 107 Å². The van der Waals surface area contributed by atoms with Crippen molar-refractivity contribution in [3.05, 3.63) is 87.3 Å². The van der Waals surface area contributed by atoms with Crippen LogP contribution < -0.4 is 15.5 Å². The Bertz CT molecular complexity index is 1510. The van der Waals surface area contributed by atoms with Crippen molar-refractivity contribution >= 4 is 17.4 Å². The van der Waals surface area contributed by atoms with Crippen molar-refractivity contribution in [2.24, 2.45) is 0 Å². The van der Waals surface area contributed by atoms with E-state index in [1.165, 1.54) is 0 Å². The van der Waals surface area contributed by atoms with Crippen LogP contribution in [0.3, 0.4) is 0 Å². The number of aryl methyl sites for hydroxylation is 2. The van der Waals surface area contributed by atoms with Gasteiger partial charge in [0.2, 0.25) is 0 Å². The zero-order valence-electron chi connectivity index (χ0n) is 22.1. The SMILES string of the molecule is Cc1cc(C(=O)c2cc(N(C)C)nc(N3CCC(n4nc(-c5ccccc5)[nH]c4=O)CC3)c2)cc(C)c1O. The predicted molar refractivity (Wildman–Crippen MR) is 148 cm³/mol. The molecule has 1 aliphatic heterocycles. The number of aromatic hydroxyl groups is 1. The fourth-order valence-corrected chi connectivity index (χ4v) is 4.93. The summed E-state index contributed by atoms with van der Waals surface area (Å²) >= 11 is 0. The first kappa shape index (κ1) is 25.3. The van der Waals surface area contributed by atoms with Crippen LogP contribution in [0.25, 0.3) is 11.4 Å². The number of nitrogens with one attached hydrogen (secondary N) is 1. The van der Waals surface area contributed by atoms with Crippen molar-refractivity contribution in [2.45, 2.75) is 32.7 Å². The molecule has 0 amide bonds. The molecule has 0 atom stereocenters. The third-order valence-corrected chi connectivity index (χ3v) is 7.09. The lowest BCUT2D eigenvalue weighted by Crippen LogP contribution is -2.38. The minimum absolute atomic E-state index is 0.0199. The Balaban J connectivity index is 1.38.